The van der Waals surface area contributed by atoms with E-state index < -0.39 is 0 Å². The summed E-state index contributed by atoms with van der Waals surface area (Å²) in [5, 5.41) is 7.47. The number of benzene rings is 3. The van der Waals surface area contributed by atoms with Gasteiger partial charge in [-0.2, -0.15) is 4.98 Å². The van der Waals surface area contributed by atoms with Gasteiger partial charge in [-0.1, -0.05) is 47.6 Å². The monoisotopic (exact) mass is 456 g/mol. The number of halogens is 1. The van der Waals surface area contributed by atoms with Crippen LogP contribution in [0.15, 0.2) is 83.4 Å². The van der Waals surface area contributed by atoms with Gasteiger partial charge >= 0.3 is 0 Å². The maximum absolute atomic E-state index is 13.5. The lowest BCUT2D eigenvalue weighted by molar-refractivity contribution is 0.0696. The molecular weight excluding hydrogens is 431 g/mol. The predicted octanol–water partition coefficient (Wildman–Crippen LogP) is 5.51. The Bertz CT molecular complexity index is 1260. The summed E-state index contributed by atoms with van der Waals surface area (Å²) in [5.41, 5.74) is 3.31. The molecule has 5 rings (SSSR count). The zero-order valence-electron chi connectivity index (χ0n) is 18.7. The van der Waals surface area contributed by atoms with Crippen molar-refractivity contribution in [2.24, 2.45) is 0 Å². The molecule has 7 heteroatoms. The van der Waals surface area contributed by atoms with Crippen LogP contribution in [0.2, 0.25) is 0 Å². The maximum atomic E-state index is 13.5. The molecule has 1 atom stereocenters. The Morgan fingerprint density at radius 3 is 2.62 bits per heavy atom. The van der Waals surface area contributed by atoms with E-state index in [2.05, 4.69) is 27.6 Å². The van der Waals surface area contributed by atoms with Crippen LogP contribution in [0, 0.1) is 5.82 Å². The molecule has 172 valence electrons. The molecule has 6 nitrogen and oxygen atoms in total. The van der Waals surface area contributed by atoms with E-state index in [1.165, 1.54) is 12.1 Å². The number of piperidine rings is 1. The Hall–Kier alpha value is -4.00. The highest BCUT2D eigenvalue weighted by Gasteiger charge is 2.30. The van der Waals surface area contributed by atoms with Crippen LogP contribution in [0.5, 0.6) is 0 Å². The van der Waals surface area contributed by atoms with Crippen molar-refractivity contribution < 1.29 is 13.7 Å². The molecule has 2 heterocycles. The highest BCUT2D eigenvalue weighted by Crippen LogP contribution is 2.29. The lowest BCUT2D eigenvalue weighted by Crippen LogP contribution is -2.39. The first-order chi connectivity index (χ1) is 16.7. The van der Waals surface area contributed by atoms with E-state index in [-0.39, 0.29) is 17.6 Å². The topological polar surface area (TPSA) is 71.3 Å². The van der Waals surface area contributed by atoms with Gasteiger partial charge in [0.2, 0.25) is 11.7 Å². The van der Waals surface area contributed by atoms with Crippen LogP contribution in [-0.2, 0) is 6.54 Å². The second-order valence-electron chi connectivity index (χ2n) is 8.44. The summed E-state index contributed by atoms with van der Waals surface area (Å²) in [7, 11) is 0. The van der Waals surface area contributed by atoms with Crippen molar-refractivity contribution in [2.45, 2.75) is 25.3 Å². The summed E-state index contributed by atoms with van der Waals surface area (Å²) >= 11 is 0. The number of para-hydroxylation sites is 1. The van der Waals surface area contributed by atoms with Crippen LogP contribution in [-0.4, -0.2) is 34.0 Å². The first-order valence-corrected chi connectivity index (χ1v) is 11.4. The molecule has 0 radical (unpaired) electrons. The molecule has 1 amide bonds. The number of carbonyl (C=O) groups is 1. The van der Waals surface area contributed by atoms with Crippen molar-refractivity contribution in [3.63, 3.8) is 0 Å². The lowest BCUT2D eigenvalue weighted by atomic mass is 9.97. The minimum atomic E-state index is -0.313. The van der Waals surface area contributed by atoms with Crippen molar-refractivity contribution in [1.82, 2.24) is 15.0 Å². The molecule has 34 heavy (non-hydrogen) atoms. The molecule has 4 aromatic rings. The summed E-state index contributed by atoms with van der Waals surface area (Å²) in [4.78, 5) is 19.8. The zero-order valence-corrected chi connectivity index (χ0v) is 18.7. The molecule has 0 unspecified atom stereocenters. The van der Waals surface area contributed by atoms with Crippen LogP contribution in [0.1, 0.15) is 40.6 Å². The summed E-state index contributed by atoms with van der Waals surface area (Å²) in [6.07, 6.45) is 1.72. The van der Waals surface area contributed by atoms with Gasteiger partial charge in [0.25, 0.3) is 5.91 Å². The molecule has 0 saturated carbocycles. The van der Waals surface area contributed by atoms with Gasteiger partial charge in [-0.25, -0.2) is 4.39 Å². The quantitative estimate of drug-likeness (QED) is 0.414. The van der Waals surface area contributed by atoms with Gasteiger partial charge in [-0.15, -0.1) is 0 Å². The van der Waals surface area contributed by atoms with Crippen molar-refractivity contribution >= 4 is 11.6 Å². The van der Waals surface area contributed by atoms with Gasteiger partial charge in [0, 0.05) is 30.9 Å². The summed E-state index contributed by atoms with van der Waals surface area (Å²) in [6.45, 7) is 1.83. The van der Waals surface area contributed by atoms with Gasteiger partial charge in [0.05, 0.1) is 11.5 Å². The number of aromatic nitrogens is 2. The summed E-state index contributed by atoms with van der Waals surface area (Å²) in [6, 6.07) is 23.7. The number of nitrogens with zero attached hydrogens (tertiary/aromatic N) is 3. The van der Waals surface area contributed by atoms with Gasteiger partial charge in [-0.05, 0) is 54.8 Å². The molecule has 1 saturated heterocycles. The molecule has 1 aliphatic rings. The van der Waals surface area contributed by atoms with E-state index in [0.717, 1.165) is 24.1 Å². The molecule has 0 aliphatic carbocycles. The van der Waals surface area contributed by atoms with Crippen LogP contribution in [0.25, 0.3) is 11.4 Å². The van der Waals surface area contributed by atoms with E-state index in [4.69, 9.17) is 4.52 Å². The summed E-state index contributed by atoms with van der Waals surface area (Å²) < 4.78 is 18.7. The van der Waals surface area contributed by atoms with Crippen molar-refractivity contribution in [3.05, 3.63) is 102 Å². The van der Waals surface area contributed by atoms with Crippen molar-refractivity contribution in [1.29, 1.82) is 0 Å². The minimum Gasteiger partial charge on any atom is -0.380 e. The van der Waals surface area contributed by atoms with Gasteiger partial charge < -0.3 is 14.7 Å². The van der Waals surface area contributed by atoms with E-state index >= 15 is 0 Å². The van der Waals surface area contributed by atoms with E-state index in [1.807, 2.05) is 47.4 Å². The minimum absolute atomic E-state index is 0.0147. The van der Waals surface area contributed by atoms with Crippen molar-refractivity contribution in [2.75, 3.05) is 18.4 Å². The molecule has 1 fully saturated rings. The number of hydrogen-bond donors (Lipinski definition) is 1. The SMILES string of the molecule is O=C(c1ccccc1NCc1ccccc1)N1CCC[C@H](c2nc(-c3ccc(F)cc3)no2)C1. The number of amides is 1. The second-order valence-corrected chi connectivity index (χ2v) is 8.44. The molecular formula is C27H25FN4O2. The number of hydrogen-bond acceptors (Lipinski definition) is 5. The fourth-order valence-electron chi connectivity index (χ4n) is 4.27. The Morgan fingerprint density at radius 2 is 1.79 bits per heavy atom. The third-order valence-corrected chi connectivity index (χ3v) is 6.09. The van der Waals surface area contributed by atoms with Crippen LogP contribution < -0.4 is 5.32 Å². The first kappa shape index (κ1) is 21.8. The maximum Gasteiger partial charge on any atom is 0.255 e. The highest BCUT2D eigenvalue weighted by atomic mass is 19.1. The van der Waals surface area contributed by atoms with E-state index in [0.29, 0.717) is 42.5 Å². The normalized spacial score (nSPS) is 15.8. The predicted molar refractivity (Wildman–Crippen MR) is 128 cm³/mol. The molecule has 1 aromatic heterocycles. The lowest BCUT2D eigenvalue weighted by Gasteiger charge is -2.31. The average Bonchev–Trinajstić information content (AvgIpc) is 3.39. The van der Waals surface area contributed by atoms with Gasteiger partial charge in [-0.3, -0.25) is 4.79 Å². The van der Waals surface area contributed by atoms with Crippen LogP contribution in [0.4, 0.5) is 10.1 Å². The molecule has 3 aromatic carbocycles. The van der Waals surface area contributed by atoms with Gasteiger partial charge in [0.15, 0.2) is 0 Å². The number of nitrogens with one attached hydrogen (secondary N) is 1. The largest absolute Gasteiger partial charge is 0.380 e. The molecule has 0 spiro atoms. The Balaban J connectivity index is 1.29. The zero-order chi connectivity index (χ0) is 23.3. The van der Waals surface area contributed by atoms with E-state index in [9.17, 15) is 9.18 Å². The fraction of sp³-hybridized carbons (Fsp3) is 0.222. The molecule has 1 N–H and O–H groups in total. The number of rotatable bonds is 6. The second kappa shape index (κ2) is 9.87. The standard InChI is InChI=1S/C27H25FN4O2/c28-22-14-12-20(13-15-22)25-30-26(34-31-25)21-9-6-16-32(18-21)27(33)23-10-4-5-11-24(23)29-17-19-7-2-1-3-8-19/h1-5,7-8,10-15,21,29H,6,9,16-18H2/t21-/m0/s1. The average molecular weight is 457 g/mol. The number of anilines is 1. The Kier molecular flexibility index (Phi) is 6.33. The van der Waals surface area contributed by atoms with Crippen LogP contribution in [0.3, 0.4) is 0 Å². The number of likely N-dealkylation sites (tertiary alicyclic amines) is 1. The fourth-order valence-corrected chi connectivity index (χ4v) is 4.27. The molecule has 1 aliphatic heterocycles. The third kappa shape index (κ3) is 4.83. The van der Waals surface area contributed by atoms with E-state index in [1.54, 1.807) is 12.1 Å². The Labute approximate surface area is 197 Å². The third-order valence-electron chi connectivity index (χ3n) is 6.09. The Morgan fingerprint density at radius 1 is 1.03 bits per heavy atom. The highest BCUT2D eigenvalue weighted by molar-refractivity contribution is 5.99. The summed E-state index contributed by atoms with van der Waals surface area (Å²) in [5.74, 6) is 0.566. The smallest absolute Gasteiger partial charge is 0.255 e. The van der Waals surface area contributed by atoms with Crippen LogP contribution >= 0.6 is 0 Å². The van der Waals surface area contributed by atoms with Gasteiger partial charge in [0.1, 0.15) is 5.82 Å². The first-order valence-electron chi connectivity index (χ1n) is 11.4. The number of carbonyl (C=O) groups excluding carboxylic acids is 1. The van der Waals surface area contributed by atoms with Crippen molar-refractivity contribution in [3.8, 4) is 11.4 Å². The molecule has 0 bridgehead atoms.